The van der Waals surface area contributed by atoms with Crippen molar-refractivity contribution in [1.29, 1.82) is 0 Å². The molecule has 5 nitrogen and oxygen atoms in total. The molecule has 0 fully saturated rings. The van der Waals surface area contributed by atoms with Gasteiger partial charge in [-0.3, -0.25) is 0 Å². The lowest BCUT2D eigenvalue weighted by Crippen LogP contribution is -1.94. The monoisotopic (exact) mass is 353 g/mol. The number of para-hydroxylation sites is 1. The van der Waals surface area contributed by atoms with Crippen molar-refractivity contribution in [1.82, 2.24) is 19.9 Å². The molecule has 118 valence electrons. The molecule has 0 unspecified atom stereocenters. The number of nitrogens with zero attached hydrogens (tertiary/aromatic N) is 3. The average Bonchev–Trinajstić information content (AvgIpc) is 3.16. The van der Waals surface area contributed by atoms with Crippen LogP contribution in [-0.4, -0.2) is 26.1 Å². The summed E-state index contributed by atoms with van der Waals surface area (Å²) < 4.78 is 2.00. The average molecular weight is 354 g/mol. The maximum atomic E-state index is 6.06. The highest BCUT2D eigenvalue weighted by atomic mass is 35.5. The van der Waals surface area contributed by atoms with Gasteiger partial charge in [-0.05, 0) is 30.4 Å². The van der Waals surface area contributed by atoms with Gasteiger partial charge in [0.15, 0.2) is 5.82 Å². The van der Waals surface area contributed by atoms with E-state index in [1.165, 1.54) is 0 Å². The summed E-state index contributed by atoms with van der Waals surface area (Å²) in [4.78, 5) is 3.22. The first-order valence-corrected chi connectivity index (χ1v) is 8.05. The van der Waals surface area contributed by atoms with E-state index in [0.29, 0.717) is 15.6 Å². The number of halogens is 1. The summed E-state index contributed by atoms with van der Waals surface area (Å²) in [6.45, 7) is 0. The molecule has 4 aromatic rings. The molecular formula is C17H12ClN5S. The summed E-state index contributed by atoms with van der Waals surface area (Å²) in [5, 5.41) is 13.3. The lowest BCUT2D eigenvalue weighted by molar-refractivity contribution is 0.872. The van der Waals surface area contributed by atoms with Crippen LogP contribution in [0.5, 0.6) is 0 Å². The van der Waals surface area contributed by atoms with Gasteiger partial charge in [0.25, 0.3) is 0 Å². The molecule has 0 aliphatic rings. The van der Waals surface area contributed by atoms with Crippen LogP contribution in [0.3, 0.4) is 0 Å². The molecule has 0 saturated heterocycles. The SMILES string of the molecule is S=c1[nH]nc(-c2cccc(Cl)c2)n1/N=C\c1c[nH]c2ccccc12. The normalized spacial score (nSPS) is 11.5. The van der Waals surface area contributed by atoms with E-state index in [4.69, 9.17) is 23.8 Å². The third-order valence-electron chi connectivity index (χ3n) is 3.67. The third kappa shape index (κ3) is 2.66. The van der Waals surface area contributed by atoms with Gasteiger partial charge in [0.05, 0.1) is 6.21 Å². The second kappa shape index (κ2) is 6.07. The van der Waals surface area contributed by atoms with Crippen LogP contribution in [0, 0.1) is 4.77 Å². The van der Waals surface area contributed by atoms with E-state index in [9.17, 15) is 0 Å². The number of nitrogens with one attached hydrogen (secondary N) is 2. The molecule has 0 amide bonds. The predicted molar refractivity (Wildman–Crippen MR) is 99.1 cm³/mol. The molecule has 2 heterocycles. The fraction of sp³-hybridized carbons (Fsp3) is 0. The number of rotatable bonds is 3. The minimum absolute atomic E-state index is 0.418. The van der Waals surface area contributed by atoms with E-state index in [1.54, 1.807) is 10.9 Å². The Bertz CT molecular complexity index is 1110. The van der Waals surface area contributed by atoms with Crippen LogP contribution >= 0.6 is 23.8 Å². The largest absolute Gasteiger partial charge is 0.361 e. The number of aromatic amines is 2. The zero-order valence-electron chi connectivity index (χ0n) is 12.4. The zero-order chi connectivity index (χ0) is 16.5. The molecule has 2 aromatic carbocycles. The van der Waals surface area contributed by atoms with E-state index >= 15 is 0 Å². The topological polar surface area (TPSA) is 61.8 Å². The van der Waals surface area contributed by atoms with E-state index in [-0.39, 0.29) is 0 Å². The Morgan fingerprint density at radius 3 is 2.92 bits per heavy atom. The molecule has 0 atom stereocenters. The van der Waals surface area contributed by atoms with Crippen LogP contribution in [0.4, 0.5) is 0 Å². The van der Waals surface area contributed by atoms with Crippen molar-refractivity contribution < 1.29 is 0 Å². The molecule has 4 rings (SSSR count). The maximum Gasteiger partial charge on any atom is 0.216 e. The molecule has 7 heteroatoms. The maximum absolute atomic E-state index is 6.06. The predicted octanol–water partition coefficient (Wildman–Crippen LogP) is 4.62. The molecule has 0 spiro atoms. The van der Waals surface area contributed by atoms with E-state index < -0.39 is 0 Å². The quantitative estimate of drug-likeness (QED) is 0.417. The highest BCUT2D eigenvalue weighted by Gasteiger charge is 2.08. The minimum Gasteiger partial charge on any atom is -0.361 e. The van der Waals surface area contributed by atoms with Crippen molar-refractivity contribution in [3.05, 3.63) is 70.1 Å². The summed E-state index contributed by atoms with van der Waals surface area (Å²) in [5.41, 5.74) is 2.88. The Morgan fingerprint density at radius 1 is 1.17 bits per heavy atom. The second-order valence-corrected chi connectivity index (χ2v) is 6.03. The molecule has 0 bridgehead atoms. The molecule has 0 saturated carbocycles. The summed E-state index contributed by atoms with van der Waals surface area (Å²) in [6.07, 6.45) is 3.68. The standard InChI is InChI=1S/C17H12ClN5S/c18-13-5-3-4-11(8-13)16-21-22-17(24)23(16)20-10-12-9-19-15-7-2-1-6-14(12)15/h1-10,19H,(H,22,24)/b20-10-. The van der Waals surface area contributed by atoms with Crippen molar-refractivity contribution in [2.75, 3.05) is 0 Å². The van der Waals surface area contributed by atoms with E-state index in [1.807, 2.05) is 54.7 Å². The van der Waals surface area contributed by atoms with Gasteiger partial charge in [0.2, 0.25) is 4.77 Å². The number of hydrogen-bond donors (Lipinski definition) is 2. The molecule has 0 radical (unpaired) electrons. The number of hydrogen-bond acceptors (Lipinski definition) is 3. The van der Waals surface area contributed by atoms with Crippen molar-refractivity contribution in [3.8, 4) is 11.4 Å². The van der Waals surface area contributed by atoms with Crippen molar-refractivity contribution >= 4 is 40.9 Å². The van der Waals surface area contributed by atoms with E-state index in [0.717, 1.165) is 22.0 Å². The Labute approximate surface area is 147 Å². The fourth-order valence-electron chi connectivity index (χ4n) is 2.53. The zero-order valence-corrected chi connectivity index (χ0v) is 14.0. The third-order valence-corrected chi connectivity index (χ3v) is 4.17. The lowest BCUT2D eigenvalue weighted by Gasteiger charge is -2.01. The van der Waals surface area contributed by atoms with Gasteiger partial charge < -0.3 is 4.98 Å². The first-order chi connectivity index (χ1) is 11.7. The number of aromatic nitrogens is 4. The molecule has 24 heavy (non-hydrogen) atoms. The van der Waals surface area contributed by atoms with Crippen LogP contribution in [0.15, 0.2) is 59.8 Å². The van der Waals surface area contributed by atoms with Gasteiger partial charge in [-0.2, -0.15) is 14.9 Å². The highest BCUT2D eigenvalue weighted by molar-refractivity contribution is 7.71. The fourth-order valence-corrected chi connectivity index (χ4v) is 2.90. The Balaban J connectivity index is 1.78. The Morgan fingerprint density at radius 2 is 2.04 bits per heavy atom. The van der Waals surface area contributed by atoms with Gasteiger partial charge in [0, 0.05) is 33.2 Å². The number of H-pyrrole nitrogens is 2. The summed E-state index contributed by atoms with van der Waals surface area (Å²) in [6, 6.07) is 15.5. The molecule has 2 aromatic heterocycles. The smallest absolute Gasteiger partial charge is 0.216 e. The van der Waals surface area contributed by atoms with Crippen LogP contribution in [0.25, 0.3) is 22.3 Å². The van der Waals surface area contributed by atoms with E-state index in [2.05, 4.69) is 20.3 Å². The minimum atomic E-state index is 0.418. The van der Waals surface area contributed by atoms with Crippen LogP contribution < -0.4 is 0 Å². The van der Waals surface area contributed by atoms with Gasteiger partial charge >= 0.3 is 0 Å². The number of benzene rings is 2. The first kappa shape index (κ1) is 14.9. The Hall–Kier alpha value is -2.70. The number of fused-ring (bicyclic) bond motifs is 1. The van der Waals surface area contributed by atoms with Gasteiger partial charge in [0.1, 0.15) is 0 Å². The van der Waals surface area contributed by atoms with Crippen molar-refractivity contribution in [2.24, 2.45) is 5.10 Å². The van der Waals surface area contributed by atoms with Gasteiger partial charge in [-0.15, -0.1) is 0 Å². The molecule has 0 aliphatic heterocycles. The van der Waals surface area contributed by atoms with Crippen LogP contribution in [-0.2, 0) is 0 Å². The summed E-state index contributed by atoms with van der Waals surface area (Å²) >= 11 is 11.3. The molecule has 2 N–H and O–H groups in total. The molecule has 0 aliphatic carbocycles. The van der Waals surface area contributed by atoms with Crippen molar-refractivity contribution in [3.63, 3.8) is 0 Å². The lowest BCUT2D eigenvalue weighted by atomic mass is 10.2. The van der Waals surface area contributed by atoms with Crippen LogP contribution in [0.2, 0.25) is 5.02 Å². The highest BCUT2D eigenvalue weighted by Crippen LogP contribution is 2.21. The van der Waals surface area contributed by atoms with Crippen LogP contribution in [0.1, 0.15) is 5.56 Å². The molecular weight excluding hydrogens is 342 g/mol. The summed E-state index contributed by atoms with van der Waals surface area (Å²) in [7, 11) is 0. The first-order valence-electron chi connectivity index (χ1n) is 7.26. The Kier molecular flexibility index (Phi) is 3.76. The van der Waals surface area contributed by atoms with Gasteiger partial charge in [-0.25, -0.2) is 5.10 Å². The summed E-state index contributed by atoms with van der Waals surface area (Å²) in [5.74, 6) is 0.610. The second-order valence-electron chi connectivity index (χ2n) is 5.21. The van der Waals surface area contributed by atoms with Crippen molar-refractivity contribution in [2.45, 2.75) is 0 Å². The van der Waals surface area contributed by atoms with Gasteiger partial charge in [-0.1, -0.05) is 41.9 Å².